The normalized spacial score (nSPS) is 13.2. The van der Waals surface area contributed by atoms with Gasteiger partial charge >= 0.3 is 0 Å². The Labute approximate surface area is 121 Å². The van der Waals surface area contributed by atoms with E-state index in [1.54, 1.807) is 0 Å². The van der Waals surface area contributed by atoms with E-state index >= 15 is 0 Å². The van der Waals surface area contributed by atoms with Crippen LogP contribution in [0.2, 0.25) is 0 Å². The first kappa shape index (κ1) is 14.1. The summed E-state index contributed by atoms with van der Waals surface area (Å²) in [6.45, 7) is 4.01. The molecule has 0 amide bonds. The van der Waals surface area contributed by atoms with Gasteiger partial charge in [-0.3, -0.25) is 0 Å². The number of anilines is 1. The molecule has 0 radical (unpaired) electrons. The van der Waals surface area contributed by atoms with Crippen molar-refractivity contribution in [2.45, 2.75) is 32.2 Å². The highest BCUT2D eigenvalue weighted by Gasteiger charge is 2.23. The maximum atomic E-state index is 9.47. The van der Waals surface area contributed by atoms with Crippen molar-refractivity contribution in [2.24, 2.45) is 0 Å². The molecule has 102 valence electrons. The van der Waals surface area contributed by atoms with Crippen molar-refractivity contribution >= 4 is 5.69 Å². The molecule has 1 unspecified atom stereocenters. The van der Waals surface area contributed by atoms with Crippen molar-refractivity contribution in [3.05, 3.63) is 65.7 Å². The topological polar surface area (TPSA) is 35.8 Å². The molecule has 1 N–H and O–H groups in total. The van der Waals surface area contributed by atoms with Gasteiger partial charge in [-0.2, -0.15) is 5.26 Å². The second kappa shape index (κ2) is 6.25. The standard InChI is InChI=1S/C18H20N2/c1-15-8-10-17(11-9-15)20-18(2,14-19)13-12-16-6-4-3-5-7-16/h3-11,20H,12-13H2,1-2H3. The molecule has 0 bridgehead atoms. The molecule has 2 nitrogen and oxygen atoms in total. The summed E-state index contributed by atoms with van der Waals surface area (Å²) in [6.07, 6.45) is 1.67. The van der Waals surface area contributed by atoms with Crippen molar-refractivity contribution < 1.29 is 0 Å². The van der Waals surface area contributed by atoms with Gasteiger partial charge in [-0.1, -0.05) is 48.0 Å². The average Bonchev–Trinajstić information content (AvgIpc) is 2.49. The summed E-state index contributed by atoms with van der Waals surface area (Å²) in [5, 5.41) is 12.8. The zero-order chi connectivity index (χ0) is 14.4. The third kappa shape index (κ3) is 3.86. The van der Waals surface area contributed by atoms with Crippen LogP contribution in [0.4, 0.5) is 5.69 Å². The molecule has 1 atom stereocenters. The number of hydrogen-bond acceptors (Lipinski definition) is 2. The van der Waals surface area contributed by atoms with E-state index in [4.69, 9.17) is 0 Å². The van der Waals surface area contributed by atoms with Crippen LogP contribution >= 0.6 is 0 Å². The minimum atomic E-state index is -0.550. The molecule has 0 aliphatic carbocycles. The van der Waals surface area contributed by atoms with E-state index in [1.807, 2.05) is 37.3 Å². The summed E-state index contributed by atoms with van der Waals surface area (Å²) in [7, 11) is 0. The quantitative estimate of drug-likeness (QED) is 0.872. The maximum absolute atomic E-state index is 9.47. The molecule has 0 spiro atoms. The van der Waals surface area contributed by atoms with Gasteiger partial charge in [0.15, 0.2) is 0 Å². The maximum Gasteiger partial charge on any atom is 0.122 e. The van der Waals surface area contributed by atoms with Gasteiger partial charge in [0, 0.05) is 5.69 Å². The Morgan fingerprint density at radius 2 is 1.70 bits per heavy atom. The summed E-state index contributed by atoms with van der Waals surface area (Å²) in [5.41, 5.74) is 2.93. The van der Waals surface area contributed by atoms with Crippen LogP contribution in [0, 0.1) is 18.3 Å². The minimum Gasteiger partial charge on any atom is -0.368 e. The van der Waals surface area contributed by atoms with Gasteiger partial charge in [-0.05, 0) is 44.4 Å². The van der Waals surface area contributed by atoms with Crippen LogP contribution in [-0.2, 0) is 6.42 Å². The van der Waals surface area contributed by atoms with E-state index in [1.165, 1.54) is 11.1 Å². The first-order chi connectivity index (χ1) is 9.61. The van der Waals surface area contributed by atoms with Crippen LogP contribution in [0.5, 0.6) is 0 Å². The smallest absolute Gasteiger partial charge is 0.122 e. The summed E-state index contributed by atoms with van der Waals surface area (Å²) < 4.78 is 0. The van der Waals surface area contributed by atoms with E-state index in [0.717, 1.165) is 18.5 Å². The number of rotatable bonds is 5. The molecular formula is C18H20N2. The molecule has 0 fully saturated rings. The fourth-order valence-electron chi connectivity index (χ4n) is 2.14. The number of benzene rings is 2. The van der Waals surface area contributed by atoms with Crippen molar-refractivity contribution in [3.8, 4) is 6.07 Å². The van der Waals surface area contributed by atoms with Crippen molar-refractivity contribution in [3.63, 3.8) is 0 Å². The summed E-state index contributed by atoms with van der Waals surface area (Å²) in [6, 6.07) is 20.8. The van der Waals surface area contributed by atoms with E-state index in [2.05, 4.69) is 42.6 Å². The van der Waals surface area contributed by atoms with Crippen LogP contribution in [0.25, 0.3) is 0 Å². The molecule has 0 heterocycles. The lowest BCUT2D eigenvalue weighted by Crippen LogP contribution is -2.33. The minimum absolute atomic E-state index is 0.550. The predicted molar refractivity (Wildman–Crippen MR) is 83.6 cm³/mol. The summed E-state index contributed by atoms with van der Waals surface area (Å²) >= 11 is 0. The van der Waals surface area contributed by atoms with Crippen LogP contribution in [0.3, 0.4) is 0 Å². The molecule has 0 aliphatic heterocycles. The lowest BCUT2D eigenvalue weighted by Gasteiger charge is -2.24. The molecular weight excluding hydrogens is 244 g/mol. The van der Waals surface area contributed by atoms with Gasteiger partial charge in [0.2, 0.25) is 0 Å². The second-order valence-electron chi connectivity index (χ2n) is 5.42. The molecule has 0 aliphatic rings. The SMILES string of the molecule is Cc1ccc(NC(C)(C#N)CCc2ccccc2)cc1. The highest BCUT2D eigenvalue weighted by molar-refractivity contribution is 5.48. The summed E-state index contributed by atoms with van der Waals surface area (Å²) in [4.78, 5) is 0. The third-order valence-electron chi connectivity index (χ3n) is 3.48. The van der Waals surface area contributed by atoms with Crippen LogP contribution in [0.1, 0.15) is 24.5 Å². The highest BCUT2D eigenvalue weighted by Crippen LogP contribution is 2.20. The van der Waals surface area contributed by atoms with Gasteiger partial charge in [-0.25, -0.2) is 0 Å². The largest absolute Gasteiger partial charge is 0.368 e. The first-order valence-corrected chi connectivity index (χ1v) is 6.91. The lowest BCUT2D eigenvalue weighted by atomic mass is 9.94. The van der Waals surface area contributed by atoms with Gasteiger partial charge < -0.3 is 5.32 Å². The fourth-order valence-corrected chi connectivity index (χ4v) is 2.14. The molecule has 0 saturated carbocycles. The third-order valence-corrected chi connectivity index (χ3v) is 3.48. The molecule has 2 rings (SSSR count). The number of nitrogens with zero attached hydrogens (tertiary/aromatic N) is 1. The Bertz CT molecular complexity index is 581. The molecule has 2 aromatic carbocycles. The molecule has 0 saturated heterocycles. The molecule has 0 aromatic heterocycles. The van der Waals surface area contributed by atoms with Crippen LogP contribution < -0.4 is 5.32 Å². The van der Waals surface area contributed by atoms with Gasteiger partial charge in [0.1, 0.15) is 5.54 Å². The van der Waals surface area contributed by atoms with Crippen LogP contribution in [0.15, 0.2) is 54.6 Å². The Hall–Kier alpha value is -2.27. The first-order valence-electron chi connectivity index (χ1n) is 6.91. The molecule has 2 heteroatoms. The van der Waals surface area contributed by atoms with Gasteiger partial charge in [0.05, 0.1) is 6.07 Å². The highest BCUT2D eigenvalue weighted by atomic mass is 15.0. The molecule has 20 heavy (non-hydrogen) atoms. The Balaban J connectivity index is 2.02. The van der Waals surface area contributed by atoms with E-state index in [-0.39, 0.29) is 0 Å². The van der Waals surface area contributed by atoms with E-state index in [0.29, 0.717) is 0 Å². The number of nitriles is 1. The Morgan fingerprint density at radius 3 is 2.30 bits per heavy atom. The van der Waals surface area contributed by atoms with E-state index in [9.17, 15) is 5.26 Å². The second-order valence-corrected chi connectivity index (χ2v) is 5.42. The predicted octanol–water partition coefficient (Wildman–Crippen LogP) is 4.32. The zero-order valence-corrected chi connectivity index (χ0v) is 12.1. The summed E-state index contributed by atoms with van der Waals surface area (Å²) in [5.74, 6) is 0. The fraction of sp³-hybridized carbons (Fsp3) is 0.278. The van der Waals surface area contributed by atoms with Crippen LogP contribution in [-0.4, -0.2) is 5.54 Å². The van der Waals surface area contributed by atoms with Gasteiger partial charge in [0.25, 0.3) is 0 Å². The average molecular weight is 264 g/mol. The van der Waals surface area contributed by atoms with E-state index < -0.39 is 5.54 Å². The monoisotopic (exact) mass is 264 g/mol. The van der Waals surface area contributed by atoms with Gasteiger partial charge in [-0.15, -0.1) is 0 Å². The number of aryl methyl sites for hydroxylation is 2. The Kier molecular flexibility index (Phi) is 4.42. The lowest BCUT2D eigenvalue weighted by molar-refractivity contribution is 0.589. The van der Waals surface area contributed by atoms with Crippen molar-refractivity contribution in [1.82, 2.24) is 0 Å². The van der Waals surface area contributed by atoms with Crippen molar-refractivity contribution in [2.75, 3.05) is 5.32 Å². The number of nitrogens with one attached hydrogen (secondary N) is 1. The molecule has 2 aromatic rings. The number of hydrogen-bond donors (Lipinski definition) is 1. The van der Waals surface area contributed by atoms with Crippen molar-refractivity contribution in [1.29, 1.82) is 5.26 Å². The Morgan fingerprint density at radius 1 is 1.05 bits per heavy atom. The zero-order valence-electron chi connectivity index (χ0n) is 12.1.